The molecule has 4 nitrogen and oxygen atoms in total. The number of ether oxygens (including phenoxy) is 1. The van der Waals surface area contributed by atoms with E-state index in [-0.39, 0.29) is 0 Å². The van der Waals surface area contributed by atoms with Gasteiger partial charge in [0.05, 0.1) is 5.56 Å². The summed E-state index contributed by atoms with van der Waals surface area (Å²) >= 11 is 0. The summed E-state index contributed by atoms with van der Waals surface area (Å²) in [4.78, 5) is 22.4. The molecule has 0 aliphatic rings. The van der Waals surface area contributed by atoms with Crippen LogP contribution in [0.2, 0.25) is 0 Å². The fourth-order valence-electron chi connectivity index (χ4n) is 0.981. The average Bonchev–Trinajstić information content (AvgIpc) is 2.27. The van der Waals surface area contributed by atoms with E-state index in [1.807, 2.05) is 6.92 Å². The molecule has 0 bridgehead atoms. The van der Waals surface area contributed by atoms with E-state index in [2.05, 4.69) is 10.1 Å². The lowest BCUT2D eigenvalue weighted by molar-refractivity contribution is 0.0622. The van der Waals surface area contributed by atoms with Crippen molar-refractivity contribution in [1.29, 1.82) is 0 Å². The predicted molar refractivity (Wildman–Crippen MR) is 55.5 cm³/mol. The van der Waals surface area contributed by atoms with Crippen molar-refractivity contribution in [3.05, 3.63) is 35.9 Å². The number of rotatable bonds is 3. The number of alkyl carbamates (subject to hydrolysis) is 1. The summed E-state index contributed by atoms with van der Waals surface area (Å²) in [5.74, 6) is -0.635. The first-order valence-electron chi connectivity index (χ1n) is 4.79. The van der Waals surface area contributed by atoms with E-state index in [4.69, 9.17) is 0 Å². The van der Waals surface area contributed by atoms with Gasteiger partial charge in [-0.3, -0.25) is 0 Å². The van der Waals surface area contributed by atoms with Crippen LogP contribution in [0, 0.1) is 0 Å². The first kappa shape index (κ1) is 11.2. The van der Waals surface area contributed by atoms with Crippen molar-refractivity contribution >= 4 is 12.1 Å². The Kier molecular flexibility index (Phi) is 4.34. The van der Waals surface area contributed by atoms with Crippen molar-refractivity contribution in [2.45, 2.75) is 13.3 Å². The van der Waals surface area contributed by atoms with E-state index in [0.29, 0.717) is 12.1 Å². The van der Waals surface area contributed by atoms with Crippen LogP contribution in [0.4, 0.5) is 4.79 Å². The molecule has 0 unspecified atom stereocenters. The maximum atomic E-state index is 11.3. The first-order chi connectivity index (χ1) is 7.24. The maximum absolute atomic E-state index is 11.3. The van der Waals surface area contributed by atoms with Crippen molar-refractivity contribution in [1.82, 2.24) is 5.32 Å². The highest BCUT2D eigenvalue weighted by Crippen LogP contribution is 2.00. The Balaban J connectivity index is 2.46. The Morgan fingerprint density at radius 2 is 1.93 bits per heavy atom. The second-order valence-corrected chi connectivity index (χ2v) is 2.97. The van der Waals surface area contributed by atoms with Gasteiger partial charge in [-0.1, -0.05) is 25.1 Å². The third-order valence-electron chi connectivity index (χ3n) is 1.71. The normalized spacial score (nSPS) is 9.40. The lowest BCUT2D eigenvalue weighted by atomic mass is 10.2. The van der Waals surface area contributed by atoms with Crippen LogP contribution < -0.4 is 5.32 Å². The average molecular weight is 207 g/mol. The molecular formula is C11H13NO3. The van der Waals surface area contributed by atoms with E-state index in [1.54, 1.807) is 30.3 Å². The molecule has 0 fully saturated rings. The maximum Gasteiger partial charge on any atom is 0.415 e. The molecule has 80 valence electrons. The molecule has 0 aromatic heterocycles. The van der Waals surface area contributed by atoms with Gasteiger partial charge < -0.3 is 10.1 Å². The van der Waals surface area contributed by atoms with E-state index >= 15 is 0 Å². The number of hydrogen-bond acceptors (Lipinski definition) is 3. The molecule has 0 atom stereocenters. The zero-order valence-electron chi connectivity index (χ0n) is 8.53. The smallest absolute Gasteiger partial charge is 0.373 e. The van der Waals surface area contributed by atoms with Crippen molar-refractivity contribution in [3.63, 3.8) is 0 Å². The van der Waals surface area contributed by atoms with Crippen LogP contribution in [0.5, 0.6) is 0 Å². The van der Waals surface area contributed by atoms with Crippen LogP contribution in [0.3, 0.4) is 0 Å². The van der Waals surface area contributed by atoms with Gasteiger partial charge in [-0.25, -0.2) is 9.59 Å². The summed E-state index contributed by atoms with van der Waals surface area (Å²) in [5.41, 5.74) is 0.365. The van der Waals surface area contributed by atoms with Gasteiger partial charge in [0.25, 0.3) is 0 Å². The van der Waals surface area contributed by atoms with Crippen LogP contribution in [0.1, 0.15) is 23.7 Å². The minimum absolute atomic E-state index is 0.365. The monoisotopic (exact) mass is 207 g/mol. The summed E-state index contributed by atoms with van der Waals surface area (Å²) in [7, 11) is 0. The zero-order chi connectivity index (χ0) is 11.1. The molecular weight excluding hydrogens is 194 g/mol. The van der Waals surface area contributed by atoms with E-state index in [9.17, 15) is 9.59 Å². The van der Waals surface area contributed by atoms with Crippen LogP contribution >= 0.6 is 0 Å². The minimum atomic E-state index is -0.703. The molecule has 0 radical (unpaired) electrons. The SMILES string of the molecule is CCCNC(=O)OC(=O)c1ccccc1. The third-order valence-corrected chi connectivity index (χ3v) is 1.71. The van der Waals surface area contributed by atoms with E-state index in [1.165, 1.54) is 0 Å². The van der Waals surface area contributed by atoms with E-state index in [0.717, 1.165) is 6.42 Å². The van der Waals surface area contributed by atoms with Crippen molar-refractivity contribution < 1.29 is 14.3 Å². The lowest BCUT2D eigenvalue weighted by Crippen LogP contribution is -2.27. The Bertz CT molecular complexity index is 335. The summed E-state index contributed by atoms with van der Waals surface area (Å²) in [6.45, 7) is 2.42. The van der Waals surface area contributed by atoms with Gasteiger partial charge in [0.1, 0.15) is 0 Å². The largest absolute Gasteiger partial charge is 0.415 e. The number of amides is 1. The number of carbonyl (C=O) groups is 2. The van der Waals surface area contributed by atoms with Crippen molar-refractivity contribution in [3.8, 4) is 0 Å². The molecule has 1 rings (SSSR count). The van der Waals surface area contributed by atoms with Gasteiger partial charge in [-0.15, -0.1) is 0 Å². The summed E-state index contributed by atoms with van der Waals surface area (Å²) < 4.78 is 4.55. The number of benzene rings is 1. The van der Waals surface area contributed by atoms with Gasteiger partial charge in [0.15, 0.2) is 0 Å². The molecule has 15 heavy (non-hydrogen) atoms. The van der Waals surface area contributed by atoms with Crippen molar-refractivity contribution in [2.75, 3.05) is 6.54 Å². The van der Waals surface area contributed by atoms with Crippen LogP contribution in [0.15, 0.2) is 30.3 Å². The lowest BCUT2D eigenvalue weighted by Gasteiger charge is -2.03. The Labute approximate surface area is 88.2 Å². The van der Waals surface area contributed by atoms with Gasteiger partial charge in [-0.05, 0) is 18.6 Å². The third kappa shape index (κ3) is 3.81. The number of carbonyl (C=O) groups excluding carboxylic acids is 2. The zero-order valence-corrected chi connectivity index (χ0v) is 8.53. The molecule has 1 aromatic rings. The first-order valence-corrected chi connectivity index (χ1v) is 4.79. The Morgan fingerprint density at radius 3 is 2.53 bits per heavy atom. The fourth-order valence-corrected chi connectivity index (χ4v) is 0.981. The second-order valence-electron chi connectivity index (χ2n) is 2.97. The molecule has 0 saturated carbocycles. The number of esters is 1. The molecule has 0 aliphatic heterocycles. The number of hydrogen-bond donors (Lipinski definition) is 1. The van der Waals surface area contributed by atoms with E-state index < -0.39 is 12.1 Å². The molecule has 1 N–H and O–H groups in total. The summed E-state index contributed by atoms with van der Waals surface area (Å²) in [5, 5.41) is 2.45. The molecule has 4 heteroatoms. The van der Waals surface area contributed by atoms with Crippen LogP contribution in [0.25, 0.3) is 0 Å². The molecule has 0 spiro atoms. The standard InChI is InChI=1S/C11H13NO3/c1-2-8-12-11(14)15-10(13)9-6-4-3-5-7-9/h3-7H,2,8H2,1H3,(H,12,14). The molecule has 0 saturated heterocycles. The molecule has 0 heterocycles. The minimum Gasteiger partial charge on any atom is -0.373 e. The highest BCUT2D eigenvalue weighted by molar-refractivity contribution is 5.96. The molecule has 1 amide bonds. The highest BCUT2D eigenvalue weighted by atomic mass is 16.6. The second kappa shape index (κ2) is 5.80. The Hall–Kier alpha value is -1.84. The van der Waals surface area contributed by atoms with Gasteiger partial charge in [0, 0.05) is 6.54 Å². The van der Waals surface area contributed by atoms with Gasteiger partial charge in [-0.2, -0.15) is 0 Å². The summed E-state index contributed by atoms with van der Waals surface area (Å²) in [6, 6.07) is 8.39. The van der Waals surface area contributed by atoms with Crippen LogP contribution in [-0.2, 0) is 4.74 Å². The van der Waals surface area contributed by atoms with Crippen molar-refractivity contribution in [2.24, 2.45) is 0 Å². The fraction of sp³-hybridized carbons (Fsp3) is 0.273. The highest BCUT2D eigenvalue weighted by Gasteiger charge is 2.10. The predicted octanol–water partition coefficient (Wildman–Crippen LogP) is 1.96. The molecule has 0 aliphatic carbocycles. The summed E-state index contributed by atoms with van der Waals surface area (Å²) in [6.07, 6.45) is 0.0972. The van der Waals surface area contributed by atoms with Gasteiger partial charge in [0.2, 0.25) is 0 Å². The molecule has 1 aromatic carbocycles. The number of nitrogens with one attached hydrogen (secondary N) is 1. The van der Waals surface area contributed by atoms with Crippen LogP contribution in [-0.4, -0.2) is 18.6 Å². The Morgan fingerprint density at radius 1 is 1.27 bits per heavy atom. The topological polar surface area (TPSA) is 55.4 Å². The van der Waals surface area contributed by atoms with Gasteiger partial charge >= 0.3 is 12.1 Å². The quantitative estimate of drug-likeness (QED) is 0.609.